The van der Waals surface area contributed by atoms with Crippen LogP contribution in [0.15, 0.2) is 12.3 Å². The molecule has 1 fully saturated rings. The smallest absolute Gasteiger partial charge is 0.168 e. The molecule has 1 aliphatic heterocycles. The zero-order chi connectivity index (χ0) is 11.8. The molecule has 0 unspecified atom stereocenters. The predicted molar refractivity (Wildman–Crippen MR) is 56.2 cm³/mol. The number of β-amino-alcohol motifs (C(OH)–C–C–N with tert-alkyl or cyclic N) is 1. The van der Waals surface area contributed by atoms with E-state index in [0.29, 0.717) is 19.5 Å². The fourth-order valence-electron chi connectivity index (χ4n) is 2.08. The summed E-state index contributed by atoms with van der Waals surface area (Å²) in [6, 6.07) is 0.805. The highest BCUT2D eigenvalue weighted by molar-refractivity contribution is 5.44. The molecule has 1 aromatic heterocycles. The Morgan fingerprint density at radius 1 is 1.50 bits per heavy atom. The number of nitrogens with zero attached hydrogens (tertiary/aromatic N) is 2. The third kappa shape index (κ3) is 2.00. The van der Waals surface area contributed by atoms with Crippen LogP contribution in [0, 0.1) is 11.6 Å². The fraction of sp³-hybridized carbons (Fsp3) is 0.545. The van der Waals surface area contributed by atoms with Crippen molar-refractivity contribution in [2.75, 3.05) is 18.0 Å². The number of halogens is 2. The molecule has 1 N–H and O–H groups in total. The lowest BCUT2D eigenvalue weighted by Crippen LogP contribution is -2.62. The minimum atomic E-state index is -0.739. The van der Waals surface area contributed by atoms with E-state index in [4.69, 9.17) is 0 Å². The van der Waals surface area contributed by atoms with Crippen LogP contribution in [0.25, 0.3) is 0 Å². The quantitative estimate of drug-likeness (QED) is 0.855. The summed E-state index contributed by atoms with van der Waals surface area (Å²) in [5.41, 5.74) is -0.739. The monoisotopic (exact) mass is 228 g/mol. The molecule has 0 bridgehead atoms. The highest BCUT2D eigenvalue weighted by Crippen LogP contribution is 2.31. The summed E-state index contributed by atoms with van der Waals surface area (Å²) in [6.07, 6.45) is 2.55. The summed E-state index contributed by atoms with van der Waals surface area (Å²) in [5, 5.41) is 9.92. The molecule has 1 aliphatic rings. The summed E-state index contributed by atoms with van der Waals surface area (Å²) in [5.74, 6) is -1.26. The van der Waals surface area contributed by atoms with Crippen molar-refractivity contribution in [2.45, 2.75) is 25.4 Å². The van der Waals surface area contributed by atoms with E-state index in [2.05, 4.69) is 4.98 Å². The average Bonchev–Trinajstić information content (AvgIpc) is 2.14. The van der Waals surface area contributed by atoms with Crippen molar-refractivity contribution in [2.24, 2.45) is 0 Å². The molecule has 3 nitrogen and oxygen atoms in total. The second-order valence-corrected chi connectivity index (χ2v) is 4.29. The van der Waals surface area contributed by atoms with Gasteiger partial charge in [-0.25, -0.2) is 13.8 Å². The molecule has 16 heavy (non-hydrogen) atoms. The molecule has 88 valence electrons. The van der Waals surface area contributed by atoms with Crippen LogP contribution in [0.2, 0.25) is 0 Å². The van der Waals surface area contributed by atoms with E-state index >= 15 is 0 Å². The number of aromatic nitrogens is 1. The van der Waals surface area contributed by atoms with Gasteiger partial charge < -0.3 is 10.0 Å². The minimum Gasteiger partial charge on any atom is -0.386 e. The summed E-state index contributed by atoms with van der Waals surface area (Å²) in [7, 11) is 0. The largest absolute Gasteiger partial charge is 0.386 e. The van der Waals surface area contributed by atoms with Gasteiger partial charge in [-0.05, 0) is 6.42 Å². The highest BCUT2D eigenvalue weighted by Gasteiger charge is 2.41. The maximum Gasteiger partial charge on any atom is 0.168 e. The predicted octanol–water partition coefficient (Wildman–Crippen LogP) is 1.71. The lowest BCUT2D eigenvalue weighted by atomic mass is 9.89. The number of anilines is 1. The maximum atomic E-state index is 13.3. The molecule has 0 atom stereocenters. The molecule has 0 aliphatic carbocycles. The van der Waals surface area contributed by atoms with E-state index in [1.807, 2.05) is 6.92 Å². The van der Waals surface area contributed by atoms with Crippen molar-refractivity contribution >= 4 is 5.82 Å². The fourth-order valence-corrected chi connectivity index (χ4v) is 2.08. The van der Waals surface area contributed by atoms with Crippen LogP contribution in [0.1, 0.15) is 19.8 Å². The molecule has 0 radical (unpaired) electrons. The van der Waals surface area contributed by atoms with Gasteiger partial charge >= 0.3 is 0 Å². The molecule has 0 aromatic carbocycles. The molecule has 2 rings (SSSR count). The van der Waals surface area contributed by atoms with Gasteiger partial charge in [-0.3, -0.25) is 0 Å². The molecule has 5 heteroatoms. The summed E-state index contributed by atoms with van der Waals surface area (Å²) >= 11 is 0. The summed E-state index contributed by atoms with van der Waals surface area (Å²) in [6.45, 7) is 2.70. The van der Waals surface area contributed by atoms with Gasteiger partial charge in [-0.15, -0.1) is 0 Å². The van der Waals surface area contributed by atoms with E-state index in [1.165, 1.54) is 0 Å². The Morgan fingerprint density at radius 2 is 2.19 bits per heavy atom. The van der Waals surface area contributed by atoms with Crippen LogP contribution < -0.4 is 4.90 Å². The minimum absolute atomic E-state index is 0.113. The molecular formula is C11H14F2N2O. The van der Waals surface area contributed by atoms with Gasteiger partial charge in [0.05, 0.1) is 24.9 Å². The van der Waals surface area contributed by atoms with Crippen LogP contribution in [0.3, 0.4) is 0 Å². The Hall–Kier alpha value is -1.23. The lowest BCUT2D eigenvalue weighted by Gasteiger charge is -2.47. The lowest BCUT2D eigenvalue weighted by molar-refractivity contribution is 0.00257. The first-order valence-corrected chi connectivity index (χ1v) is 5.32. The summed E-state index contributed by atoms with van der Waals surface area (Å²) < 4.78 is 26.0. The van der Waals surface area contributed by atoms with Gasteiger partial charge in [-0.2, -0.15) is 0 Å². The number of rotatable bonds is 3. The van der Waals surface area contributed by atoms with Gasteiger partial charge in [0.1, 0.15) is 5.82 Å². The molecule has 1 saturated heterocycles. The molecule has 0 amide bonds. The van der Waals surface area contributed by atoms with E-state index in [1.54, 1.807) is 4.90 Å². The van der Waals surface area contributed by atoms with Crippen molar-refractivity contribution in [3.63, 3.8) is 0 Å². The van der Waals surface area contributed by atoms with Gasteiger partial charge in [0, 0.05) is 6.07 Å². The second-order valence-electron chi connectivity index (χ2n) is 4.29. The van der Waals surface area contributed by atoms with E-state index in [9.17, 15) is 13.9 Å². The first-order valence-electron chi connectivity index (χ1n) is 5.32. The van der Waals surface area contributed by atoms with Crippen molar-refractivity contribution < 1.29 is 13.9 Å². The number of aliphatic hydroxyl groups is 1. The molecule has 1 aromatic rings. The van der Waals surface area contributed by atoms with Gasteiger partial charge in [0.2, 0.25) is 0 Å². The second kappa shape index (κ2) is 3.97. The van der Waals surface area contributed by atoms with Gasteiger partial charge in [-0.1, -0.05) is 13.3 Å². The van der Waals surface area contributed by atoms with Crippen LogP contribution in [0.5, 0.6) is 0 Å². The van der Waals surface area contributed by atoms with Crippen molar-refractivity contribution in [3.8, 4) is 0 Å². The SMILES string of the molecule is CCCC1(O)CN(c2ncc(F)cc2F)C1. The Kier molecular flexibility index (Phi) is 2.80. The Labute approximate surface area is 92.7 Å². The van der Waals surface area contributed by atoms with Crippen molar-refractivity contribution in [3.05, 3.63) is 23.9 Å². The van der Waals surface area contributed by atoms with E-state index < -0.39 is 17.2 Å². The van der Waals surface area contributed by atoms with Crippen LogP contribution >= 0.6 is 0 Å². The molecular weight excluding hydrogens is 214 g/mol. The Morgan fingerprint density at radius 3 is 2.75 bits per heavy atom. The van der Waals surface area contributed by atoms with Crippen LogP contribution in [0.4, 0.5) is 14.6 Å². The Bertz CT molecular complexity index is 392. The maximum absolute atomic E-state index is 13.3. The van der Waals surface area contributed by atoms with E-state index in [0.717, 1.165) is 18.7 Å². The average molecular weight is 228 g/mol. The Balaban J connectivity index is 2.06. The molecule has 0 saturated carbocycles. The van der Waals surface area contributed by atoms with Crippen molar-refractivity contribution in [1.82, 2.24) is 4.98 Å². The normalized spacial score (nSPS) is 18.4. The zero-order valence-electron chi connectivity index (χ0n) is 9.08. The summed E-state index contributed by atoms with van der Waals surface area (Å²) in [4.78, 5) is 5.31. The number of pyridine rings is 1. The van der Waals surface area contributed by atoms with Crippen LogP contribution in [-0.2, 0) is 0 Å². The third-order valence-electron chi connectivity index (χ3n) is 2.77. The third-order valence-corrected chi connectivity index (χ3v) is 2.77. The first kappa shape index (κ1) is 11.3. The van der Waals surface area contributed by atoms with Gasteiger partial charge in [0.15, 0.2) is 11.6 Å². The standard InChI is InChI=1S/C11H14F2N2O/c1-2-3-11(16)6-15(7-11)10-9(13)4-8(12)5-14-10/h4-5,16H,2-3,6-7H2,1H3. The first-order chi connectivity index (χ1) is 7.54. The highest BCUT2D eigenvalue weighted by atomic mass is 19.1. The van der Waals surface area contributed by atoms with E-state index in [-0.39, 0.29) is 5.82 Å². The van der Waals surface area contributed by atoms with Crippen molar-refractivity contribution in [1.29, 1.82) is 0 Å². The topological polar surface area (TPSA) is 36.4 Å². The number of hydrogen-bond donors (Lipinski definition) is 1. The van der Waals surface area contributed by atoms with Gasteiger partial charge in [0.25, 0.3) is 0 Å². The molecule has 0 spiro atoms. The zero-order valence-corrected chi connectivity index (χ0v) is 9.08. The molecule has 2 heterocycles. The number of hydrogen-bond acceptors (Lipinski definition) is 3. The van der Waals surface area contributed by atoms with Crippen LogP contribution in [-0.4, -0.2) is 28.8 Å².